The number of carbonyl (C=O) groups is 1. The SMILES string of the molecule is CC(NC(=O)CC1(N)CCCCC1)c1ccccc1. The second kappa shape index (κ2) is 6.20. The Morgan fingerprint density at radius 2 is 1.89 bits per heavy atom. The van der Waals surface area contributed by atoms with Crippen molar-refractivity contribution in [3.63, 3.8) is 0 Å². The molecule has 3 nitrogen and oxygen atoms in total. The molecule has 0 aromatic heterocycles. The standard InChI is InChI=1S/C16H24N2O/c1-13(14-8-4-2-5-9-14)18-15(19)12-16(17)10-6-3-7-11-16/h2,4-5,8-9,13H,3,6-7,10-12,17H2,1H3,(H,18,19). The summed E-state index contributed by atoms with van der Waals surface area (Å²) in [7, 11) is 0. The number of benzene rings is 1. The Bertz CT molecular complexity index is 410. The van der Waals surface area contributed by atoms with Gasteiger partial charge in [-0.25, -0.2) is 0 Å². The molecule has 0 bridgehead atoms. The molecular formula is C16H24N2O. The first kappa shape index (κ1) is 14.1. The van der Waals surface area contributed by atoms with Crippen LogP contribution in [0.2, 0.25) is 0 Å². The second-order valence-corrected chi connectivity index (χ2v) is 5.80. The van der Waals surface area contributed by atoms with Gasteiger partial charge < -0.3 is 11.1 Å². The Morgan fingerprint density at radius 1 is 1.26 bits per heavy atom. The van der Waals surface area contributed by atoms with Crippen LogP contribution in [0.4, 0.5) is 0 Å². The zero-order chi connectivity index (χ0) is 13.7. The monoisotopic (exact) mass is 260 g/mol. The van der Waals surface area contributed by atoms with Gasteiger partial charge in [0.25, 0.3) is 0 Å². The van der Waals surface area contributed by atoms with Crippen LogP contribution in [0.1, 0.15) is 57.1 Å². The van der Waals surface area contributed by atoms with Crippen molar-refractivity contribution in [2.24, 2.45) is 5.73 Å². The molecular weight excluding hydrogens is 236 g/mol. The maximum atomic E-state index is 12.1. The average Bonchev–Trinajstić information content (AvgIpc) is 2.39. The fraction of sp³-hybridized carbons (Fsp3) is 0.562. The van der Waals surface area contributed by atoms with E-state index in [1.165, 1.54) is 6.42 Å². The third-order valence-corrected chi connectivity index (χ3v) is 4.04. The number of nitrogens with two attached hydrogens (primary N) is 1. The van der Waals surface area contributed by atoms with Gasteiger partial charge in [-0.05, 0) is 25.3 Å². The average molecular weight is 260 g/mol. The maximum Gasteiger partial charge on any atom is 0.222 e. The molecule has 1 unspecified atom stereocenters. The molecule has 1 amide bonds. The molecule has 0 heterocycles. The van der Waals surface area contributed by atoms with E-state index in [2.05, 4.69) is 5.32 Å². The van der Waals surface area contributed by atoms with Crippen LogP contribution in [-0.4, -0.2) is 11.4 Å². The van der Waals surface area contributed by atoms with Gasteiger partial charge in [-0.2, -0.15) is 0 Å². The Balaban J connectivity index is 1.87. The molecule has 0 saturated heterocycles. The number of nitrogens with one attached hydrogen (secondary N) is 1. The largest absolute Gasteiger partial charge is 0.350 e. The van der Waals surface area contributed by atoms with E-state index in [0.717, 1.165) is 31.2 Å². The molecule has 2 rings (SSSR count). The summed E-state index contributed by atoms with van der Waals surface area (Å²) in [4.78, 5) is 12.1. The molecule has 0 radical (unpaired) electrons. The molecule has 0 spiro atoms. The van der Waals surface area contributed by atoms with E-state index in [9.17, 15) is 4.79 Å². The predicted molar refractivity (Wildman–Crippen MR) is 77.6 cm³/mol. The Hall–Kier alpha value is -1.35. The van der Waals surface area contributed by atoms with Crippen molar-refractivity contribution in [2.45, 2.75) is 57.0 Å². The highest BCUT2D eigenvalue weighted by molar-refractivity contribution is 5.77. The quantitative estimate of drug-likeness (QED) is 0.874. The van der Waals surface area contributed by atoms with Crippen LogP contribution in [0.25, 0.3) is 0 Å². The molecule has 104 valence electrons. The lowest BCUT2D eigenvalue weighted by Crippen LogP contribution is -2.46. The fourth-order valence-electron chi connectivity index (χ4n) is 2.87. The van der Waals surface area contributed by atoms with Crippen molar-refractivity contribution < 1.29 is 4.79 Å². The van der Waals surface area contributed by atoms with Gasteiger partial charge in [-0.3, -0.25) is 4.79 Å². The van der Waals surface area contributed by atoms with Crippen molar-refractivity contribution in [1.29, 1.82) is 0 Å². The van der Waals surface area contributed by atoms with Gasteiger partial charge in [0.15, 0.2) is 0 Å². The van der Waals surface area contributed by atoms with Crippen LogP contribution in [0.15, 0.2) is 30.3 Å². The fourth-order valence-corrected chi connectivity index (χ4v) is 2.87. The predicted octanol–water partition coefficient (Wildman–Crippen LogP) is 2.92. The first-order valence-electron chi connectivity index (χ1n) is 7.22. The molecule has 1 fully saturated rings. The van der Waals surface area contributed by atoms with Crippen LogP contribution in [0.5, 0.6) is 0 Å². The Kier molecular flexibility index (Phi) is 4.59. The second-order valence-electron chi connectivity index (χ2n) is 5.80. The lowest BCUT2D eigenvalue weighted by atomic mass is 9.80. The summed E-state index contributed by atoms with van der Waals surface area (Å²) in [6.07, 6.45) is 5.95. The molecule has 3 N–H and O–H groups in total. The van der Waals surface area contributed by atoms with Crippen molar-refractivity contribution in [3.8, 4) is 0 Å². The highest BCUT2D eigenvalue weighted by Crippen LogP contribution is 2.28. The van der Waals surface area contributed by atoms with Gasteiger partial charge in [0.2, 0.25) is 5.91 Å². The summed E-state index contributed by atoms with van der Waals surface area (Å²) < 4.78 is 0. The highest BCUT2D eigenvalue weighted by Gasteiger charge is 2.30. The van der Waals surface area contributed by atoms with Gasteiger partial charge in [-0.15, -0.1) is 0 Å². The molecule has 1 atom stereocenters. The smallest absolute Gasteiger partial charge is 0.222 e. The minimum Gasteiger partial charge on any atom is -0.350 e. The summed E-state index contributed by atoms with van der Waals surface area (Å²) in [6.45, 7) is 2.01. The van der Waals surface area contributed by atoms with Gasteiger partial charge >= 0.3 is 0 Å². The molecule has 1 aliphatic rings. The maximum absolute atomic E-state index is 12.1. The van der Waals surface area contributed by atoms with Gasteiger partial charge in [-0.1, -0.05) is 49.6 Å². The zero-order valence-corrected chi connectivity index (χ0v) is 11.7. The normalized spacial score (nSPS) is 19.7. The van der Waals surface area contributed by atoms with Crippen molar-refractivity contribution in [2.75, 3.05) is 0 Å². The lowest BCUT2D eigenvalue weighted by molar-refractivity contribution is -0.123. The van der Waals surface area contributed by atoms with E-state index in [1.54, 1.807) is 0 Å². The lowest BCUT2D eigenvalue weighted by Gasteiger charge is -2.33. The van der Waals surface area contributed by atoms with Crippen molar-refractivity contribution in [3.05, 3.63) is 35.9 Å². The van der Waals surface area contributed by atoms with E-state index in [1.807, 2.05) is 37.3 Å². The number of hydrogen-bond acceptors (Lipinski definition) is 2. The number of hydrogen-bond donors (Lipinski definition) is 2. The molecule has 1 aromatic carbocycles. The van der Waals surface area contributed by atoms with Crippen LogP contribution in [0, 0.1) is 0 Å². The summed E-state index contributed by atoms with van der Waals surface area (Å²) >= 11 is 0. The molecule has 1 saturated carbocycles. The number of amides is 1. The highest BCUT2D eigenvalue weighted by atomic mass is 16.1. The van der Waals surface area contributed by atoms with E-state index in [-0.39, 0.29) is 17.5 Å². The minimum atomic E-state index is -0.279. The van der Waals surface area contributed by atoms with Crippen LogP contribution < -0.4 is 11.1 Å². The minimum absolute atomic E-state index is 0.0425. The topological polar surface area (TPSA) is 55.1 Å². The first-order chi connectivity index (χ1) is 9.09. The molecule has 19 heavy (non-hydrogen) atoms. The van der Waals surface area contributed by atoms with E-state index in [4.69, 9.17) is 5.73 Å². The van der Waals surface area contributed by atoms with E-state index in [0.29, 0.717) is 6.42 Å². The van der Waals surface area contributed by atoms with Crippen LogP contribution in [-0.2, 0) is 4.79 Å². The van der Waals surface area contributed by atoms with Gasteiger partial charge in [0.05, 0.1) is 6.04 Å². The third-order valence-electron chi connectivity index (χ3n) is 4.04. The van der Waals surface area contributed by atoms with E-state index >= 15 is 0 Å². The van der Waals surface area contributed by atoms with Gasteiger partial charge in [0.1, 0.15) is 0 Å². The van der Waals surface area contributed by atoms with Crippen molar-refractivity contribution >= 4 is 5.91 Å². The molecule has 0 aliphatic heterocycles. The molecule has 3 heteroatoms. The summed E-state index contributed by atoms with van der Waals surface area (Å²) in [5.41, 5.74) is 7.16. The molecule has 1 aromatic rings. The van der Waals surface area contributed by atoms with E-state index < -0.39 is 0 Å². The number of rotatable bonds is 4. The Labute approximate surface area is 115 Å². The van der Waals surface area contributed by atoms with Crippen LogP contribution >= 0.6 is 0 Å². The molecule has 1 aliphatic carbocycles. The first-order valence-corrected chi connectivity index (χ1v) is 7.22. The van der Waals surface area contributed by atoms with Crippen LogP contribution in [0.3, 0.4) is 0 Å². The summed E-state index contributed by atoms with van der Waals surface area (Å²) in [6, 6.07) is 10.1. The summed E-state index contributed by atoms with van der Waals surface area (Å²) in [5.74, 6) is 0.0701. The third kappa shape index (κ3) is 4.06. The Morgan fingerprint density at radius 3 is 2.53 bits per heavy atom. The van der Waals surface area contributed by atoms with Gasteiger partial charge in [0, 0.05) is 12.0 Å². The van der Waals surface area contributed by atoms with Crippen molar-refractivity contribution in [1.82, 2.24) is 5.32 Å². The number of carbonyl (C=O) groups excluding carboxylic acids is 1. The zero-order valence-electron chi connectivity index (χ0n) is 11.7. The summed E-state index contributed by atoms with van der Waals surface area (Å²) in [5, 5.41) is 3.05.